The smallest absolute Gasteiger partial charge is 0.252 e. The maximum atomic E-state index is 15.0. The monoisotopic (exact) mass is 495 g/mol. The van der Waals surface area contributed by atoms with Gasteiger partial charge in [-0.15, -0.1) is 11.3 Å². The van der Waals surface area contributed by atoms with E-state index in [0.29, 0.717) is 16.1 Å². The Morgan fingerprint density at radius 3 is 2.49 bits per heavy atom. The van der Waals surface area contributed by atoms with Crippen LogP contribution in [0.1, 0.15) is 35.5 Å². The van der Waals surface area contributed by atoms with Crippen LogP contribution in [-0.4, -0.2) is 38.2 Å². The molecule has 3 atom stereocenters. The van der Waals surface area contributed by atoms with Crippen molar-refractivity contribution in [2.45, 2.75) is 31.6 Å². The lowest BCUT2D eigenvalue weighted by atomic mass is 9.99. The van der Waals surface area contributed by atoms with Gasteiger partial charge in [0.1, 0.15) is 22.7 Å². The molecule has 35 heavy (non-hydrogen) atoms. The van der Waals surface area contributed by atoms with Crippen molar-refractivity contribution in [3.05, 3.63) is 95.9 Å². The fourth-order valence-electron chi connectivity index (χ4n) is 3.71. The first-order valence-electron chi connectivity index (χ1n) is 10.9. The number of thiazole rings is 1. The number of nitrogens with zero attached hydrogens (tertiary/aromatic N) is 2. The summed E-state index contributed by atoms with van der Waals surface area (Å²) in [6, 6.07) is 14.1. The molecule has 2 aromatic heterocycles. The Morgan fingerprint density at radius 2 is 1.80 bits per heavy atom. The van der Waals surface area contributed by atoms with Gasteiger partial charge in [0.25, 0.3) is 5.91 Å². The van der Waals surface area contributed by atoms with Crippen LogP contribution < -0.4 is 5.32 Å². The Morgan fingerprint density at radius 1 is 1.03 bits per heavy atom. The molecule has 9 heteroatoms. The number of pyridine rings is 1. The number of carbonyl (C=O) groups excluding carboxylic acids is 1. The lowest BCUT2D eigenvalue weighted by Gasteiger charge is -2.25. The van der Waals surface area contributed by atoms with Crippen molar-refractivity contribution in [1.29, 1.82) is 0 Å². The third-order valence-corrected chi connectivity index (χ3v) is 6.45. The fraction of sp³-hybridized carbons (Fsp3) is 0.192. The molecule has 0 saturated carbocycles. The molecule has 0 fully saturated rings. The lowest BCUT2D eigenvalue weighted by Crippen LogP contribution is -2.41. The lowest BCUT2D eigenvalue weighted by molar-refractivity contribution is 0.0691. The molecule has 0 spiro atoms. The summed E-state index contributed by atoms with van der Waals surface area (Å²) in [6.45, 7) is 1.55. The van der Waals surface area contributed by atoms with Crippen LogP contribution in [0.4, 0.5) is 8.78 Å². The molecule has 1 amide bonds. The number of hydrogen-bond acceptors (Lipinski definition) is 6. The van der Waals surface area contributed by atoms with Gasteiger partial charge in [-0.05, 0) is 55.3 Å². The van der Waals surface area contributed by atoms with Crippen LogP contribution in [0.3, 0.4) is 0 Å². The van der Waals surface area contributed by atoms with E-state index in [9.17, 15) is 23.8 Å². The minimum atomic E-state index is -1.18. The predicted molar refractivity (Wildman–Crippen MR) is 130 cm³/mol. The third kappa shape index (κ3) is 5.76. The highest BCUT2D eigenvalue weighted by atomic mass is 32.1. The Hall–Kier alpha value is -3.53. The average Bonchev–Trinajstić information content (AvgIpc) is 3.33. The zero-order valence-corrected chi connectivity index (χ0v) is 19.5. The highest BCUT2D eigenvalue weighted by Gasteiger charge is 2.28. The Balaban J connectivity index is 1.64. The van der Waals surface area contributed by atoms with Gasteiger partial charge in [-0.1, -0.05) is 24.3 Å². The summed E-state index contributed by atoms with van der Waals surface area (Å²) < 4.78 is 28.2. The van der Waals surface area contributed by atoms with Crippen molar-refractivity contribution in [2.24, 2.45) is 0 Å². The number of aromatic nitrogens is 2. The number of halogens is 2. The van der Waals surface area contributed by atoms with Crippen molar-refractivity contribution >= 4 is 17.2 Å². The van der Waals surface area contributed by atoms with E-state index in [1.54, 1.807) is 43.5 Å². The van der Waals surface area contributed by atoms with E-state index in [4.69, 9.17) is 0 Å². The van der Waals surface area contributed by atoms with E-state index >= 15 is 0 Å². The second-order valence-electron chi connectivity index (χ2n) is 8.06. The number of aliphatic hydroxyl groups is 2. The summed E-state index contributed by atoms with van der Waals surface area (Å²) in [5.41, 5.74) is 1.11. The quantitative estimate of drug-likeness (QED) is 0.328. The van der Waals surface area contributed by atoms with E-state index in [0.717, 1.165) is 0 Å². The van der Waals surface area contributed by atoms with E-state index in [-0.39, 0.29) is 28.4 Å². The summed E-state index contributed by atoms with van der Waals surface area (Å²) in [6.07, 6.45) is 1.12. The minimum absolute atomic E-state index is 0.0199. The molecule has 0 bridgehead atoms. The molecule has 2 heterocycles. The summed E-state index contributed by atoms with van der Waals surface area (Å²) in [7, 11) is 0. The van der Waals surface area contributed by atoms with Gasteiger partial charge < -0.3 is 15.5 Å². The van der Waals surface area contributed by atoms with Crippen LogP contribution in [0.15, 0.2) is 73.1 Å². The molecule has 4 rings (SSSR count). The van der Waals surface area contributed by atoms with Gasteiger partial charge in [0.2, 0.25) is 0 Å². The molecular weight excluding hydrogens is 472 g/mol. The summed E-state index contributed by atoms with van der Waals surface area (Å²) in [4.78, 5) is 22.4. The number of amides is 1. The maximum absolute atomic E-state index is 15.0. The van der Waals surface area contributed by atoms with Gasteiger partial charge in [0.05, 0.1) is 33.8 Å². The van der Waals surface area contributed by atoms with Crippen molar-refractivity contribution in [3.8, 4) is 21.0 Å². The Bertz CT molecular complexity index is 1300. The van der Waals surface area contributed by atoms with Gasteiger partial charge >= 0.3 is 0 Å². The summed E-state index contributed by atoms with van der Waals surface area (Å²) in [5.74, 6) is -1.63. The number of aliphatic hydroxyl groups excluding tert-OH is 2. The average molecular weight is 496 g/mol. The molecule has 0 saturated heterocycles. The van der Waals surface area contributed by atoms with Crippen LogP contribution in [0, 0.1) is 11.6 Å². The molecule has 3 N–H and O–H groups in total. The molecule has 0 aliphatic carbocycles. The number of benzene rings is 2. The normalized spacial score (nSPS) is 13.7. The second-order valence-corrected chi connectivity index (χ2v) is 9.09. The first-order valence-corrected chi connectivity index (χ1v) is 11.7. The van der Waals surface area contributed by atoms with Crippen LogP contribution in [0.2, 0.25) is 0 Å². The SMILES string of the molecule is C[C@H](O)C[C@H](NC(=O)c1cccc(F)c1-c1ncc(-c2ccc(F)cc2)s1)C(O)c1ccccn1. The zero-order valence-electron chi connectivity index (χ0n) is 18.7. The molecule has 180 valence electrons. The first-order chi connectivity index (χ1) is 16.8. The fourth-order valence-corrected chi connectivity index (χ4v) is 4.69. The molecule has 2 aromatic carbocycles. The zero-order chi connectivity index (χ0) is 24.9. The predicted octanol–water partition coefficient (Wildman–Crippen LogP) is 4.75. The van der Waals surface area contributed by atoms with Gasteiger partial charge in [0, 0.05) is 12.4 Å². The van der Waals surface area contributed by atoms with Crippen molar-refractivity contribution in [2.75, 3.05) is 0 Å². The molecule has 4 aromatic rings. The van der Waals surface area contributed by atoms with E-state index in [1.165, 1.54) is 47.9 Å². The van der Waals surface area contributed by atoms with Gasteiger partial charge in [-0.2, -0.15) is 0 Å². The first kappa shape index (κ1) is 24.6. The van der Waals surface area contributed by atoms with E-state index < -0.39 is 30.0 Å². The molecule has 0 aliphatic heterocycles. The van der Waals surface area contributed by atoms with Gasteiger partial charge in [-0.25, -0.2) is 13.8 Å². The van der Waals surface area contributed by atoms with Gasteiger partial charge in [-0.3, -0.25) is 9.78 Å². The third-order valence-electron chi connectivity index (χ3n) is 5.39. The second kappa shape index (κ2) is 10.8. The topological polar surface area (TPSA) is 95.3 Å². The van der Waals surface area contributed by atoms with Crippen LogP contribution in [0.5, 0.6) is 0 Å². The summed E-state index contributed by atoms with van der Waals surface area (Å²) >= 11 is 1.17. The molecule has 6 nitrogen and oxygen atoms in total. The molecule has 0 aliphatic rings. The van der Waals surface area contributed by atoms with Crippen molar-refractivity contribution in [1.82, 2.24) is 15.3 Å². The maximum Gasteiger partial charge on any atom is 0.252 e. The highest BCUT2D eigenvalue weighted by molar-refractivity contribution is 7.18. The standard InChI is InChI=1S/C26H23F2N3O3S/c1-15(32)13-21(24(33)20-7-2-3-12-29-20)31-25(34)18-5-4-6-19(28)23(18)26-30-14-22(35-26)16-8-10-17(27)11-9-16/h2-12,14-15,21,24,32-33H,13H2,1H3,(H,31,34)/t15-,21-,24?/m0/s1. The number of carbonyl (C=O) groups is 1. The minimum Gasteiger partial charge on any atom is -0.393 e. The molecule has 0 radical (unpaired) electrons. The van der Waals surface area contributed by atoms with Gasteiger partial charge in [0.15, 0.2) is 0 Å². The van der Waals surface area contributed by atoms with Crippen LogP contribution in [0.25, 0.3) is 21.0 Å². The molecular formula is C26H23F2N3O3S. The Kier molecular flexibility index (Phi) is 7.60. The van der Waals surface area contributed by atoms with E-state index in [2.05, 4.69) is 15.3 Å². The summed E-state index contributed by atoms with van der Waals surface area (Å²) in [5, 5.41) is 23.8. The highest BCUT2D eigenvalue weighted by Crippen LogP contribution is 2.35. The largest absolute Gasteiger partial charge is 0.393 e. The van der Waals surface area contributed by atoms with Crippen LogP contribution >= 0.6 is 11.3 Å². The Labute approximate surface area is 205 Å². The number of nitrogens with one attached hydrogen (secondary N) is 1. The van der Waals surface area contributed by atoms with E-state index in [1.807, 2.05) is 0 Å². The number of hydrogen-bond donors (Lipinski definition) is 3. The number of rotatable bonds is 8. The molecule has 1 unspecified atom stereocenters. The van der Waals surface area contributed by atoms with Crippen molar-refractivity contribution < 1.29 is 23.8 Å². The van der Waals surface area contributed by atoms with Crippen LogP contribution in [-0.2, 0) is 0 Å². The van der Waals surface area contributed by atoms with Crippen molar-refractivity contribution in [3.63, 3.8) is 0 Å².